The molecule has 0 aliphatic heterocycles. The lowest BCUT2D eigenvalue weighted by molar-refractivity contribution is -0.192. The number of aromatic nitrogens is 3. The van der Waals surface area contributed by atoms with Gasteiger partial charge < -0.3 is 16.6 Å². The van der Waals surface area contributed by atoms with Gasteiger partial charge in [-0.1, -0.05) is 23.2 Å². The van der Waals surface area contributed by atoms with Gasteiger partial charge in [-0.25, -0.2) is 14.8 Å². The van der Waals surface area contributed by atoms with E-state index >= 15 is 0 Å². The third-order valence-corrected chi connectivity index (χ3v) is 4.28. The smallest absolute Gasteiger partial charge is 0.475 e. The molecule has 0 aliphatic rings. The normalized spacial score (nSPS) is 13.5. The SMILES string of the molecule is CC(N)C(N)c1nc(-c2ccc(Cl)cc2Cl)cc2nccn12.O=C(O)C(F)(F)F. The Morgan fingerprint density at radius 1 is 1.24 bits per heavy atom. The van der Waals surface area contributed by atoms with Crippen LogP contribution < -0.4 is 11.5 Å². The highest BCUT2D eigenvalue weighted by atomic mass is 35.5. The molecule has 0 aliphatic carbocycles. The van der Waals surface area contributed by atoms with E-state index in [4.69, 9.17) is 44.6 Å². The number of imidazole rings is 1. The van der Waals surface area contributed by atoms with E-state index in [9.17, 15) is 13.2 Å². The van der Waals surface area contributed by atoms with Crippen LogP contribution in [0.3, 0.4) is 0 Å². The van der Waals surface area contributed by atoms with Crippen LogP contribution in [-0.2, 0) is 4.79 Å². The Morgan fingerprint density at radius 2 is 1.86 bits per heavy atom. The summed E-state index contributed by atoms with van der Waals surface area (Å²) in [5, 5.41) is 8.22. The number of alkyl halides is 3. The largest absolute Gasteiger partial charge is 0.490 e. The molecule has 7 nitrogen and oxygen atoms in total. The average molecular weight is 450 g/mol. The molecule has 3 aromatic rings. The maximum atomic E-state index is 10.6. The number of carboxylic acids is 1. The highest BCUT2D eigenvalue weighted by Gasteiger charge is 2.38. The minimum atomic E-state index is -5.08. The molecule has 2 heterocycles. The van der Waals surface area contributed by atoms with Crippen LogP contribution in [0.15, 0.2) is 36.7 Å². The molecule has 5 N–H and O–H groups in total. The molecule has 2 unspecified atom stereocenters. The van der Waals surface area contributed by atoms with Crippen LogP contribution in [0.2, 0.25) is 10.0 Å². The second-order valence-electron chi connectivity index (χ2n) is 5.97. The summed E-state index contributed by atoms with van der Waals surface area (Å²) in [7, 11) is 0. The minimum Gasteiger partial charge on any atom is -0.475 e. The van der Waals surface area contributed by atoms with Gasteiger partial charge in [-0.3, -0.25) is 4.40 Å². The number of rotatable bonds is 3. The van der Waals surface area contributed by atoms with Crippen molar-refractivity contribution in [2.45, 2.75) is 25.2 Å². The van der Waals surface area contributed by atoms with Gasteiger partial charge in [0.25, 0.3) is 0 Å². The maximum Gasteiger partial charge on any atom is 0.490 e. The van der Waals surface area contributed by atoms with Crippen molar-refractivity contribution in [3.63, 3.8) is 0 Å². The second-order valence-corrected chi connectivity index (χ2v) is 6.81. The topological polar surface area (TPSA) is 120 Å². The molecule has 3 rings (SSSR count). The fraction of sp³-hybridized carbons (Fsp3) is 0.235. The number of carbonyl (C=O) groups is 1. The van der Waals surface area contributed by atoms with E-state index < -0.39 is 18.2 Å². The zero-order chi connectivity index (χ0) is 21.9. The molecule has 1 aromatic carbocycles. The van der Waals surface area contributed by atoms with Gasteiger partial charge in [-0.05, 0) is 25.1 Å². The van der Waals surface area contributed by atoms with E-state index in [1.165, 1.54) is 0 Å². The van der Waals surface area contributed by atoms with E-state index in [1.807, 2.05) is 29.7 Å². The van der Waals surface area contributed by atoms with E-state index in [2.05, 4.69) is 9.97 Å². The van der Waals surface area contributed by atoms with Gasteiger partial charge in [-0.15, -0.1) is 0 Å². The fourth-order valence-corrected chi connectivity index (χ4v) is 2.76. The summed E-state index contributed by atoms with van der Waals surface area (Å²) in [5.41, 5.74) is 14.3. The quantitative estimate of drug-likeness (QED) is 0.560. The van der Waals surface area contributed by atoms with Gasteiger partial charge in [-0.2, -0.15) is 13.2 Å². The number of carboxylic acid groups (broad SMARTS) is 1. The van der Waals surface area contributed by atoms with Crippen molar-refractivity contribution < 1.29 is 23.1 Å². The molecular weight excluding hydrogens is 434 g/mol. The number of fused-ring (bicyclic) bond motifs is 1. The Hall–Kier alpha value is -2.40. The van der Waals surface area contributed by atoms with Gasteiger partial charge in [0.05, 0.1) is 16.8 Å². The van der Waals surface area contributed by atoms with E-state index in [0.717, 1.165) is 11.2 Å². The first kappa shape index (κ1) is 22.9. The van der Waals surface area contributed by atoms with Crippen molar-refractivity contribution in [2.75, 3.05) is 0 Å². The van der Waals surface area contributed by atoms with Gasteiger partial charge in [0, 0.05) is 35.1 Å². The molecule has 0 radical (unpaired) electrons. The summed E-state index contributed by atoms with van der Waals surface area (Å²) >= 11 is 12.2. The molecule has 156 valence electrons. The van der Waals surface area contributed by atoms with Crippen molar-refractivity contribution in [1.82, 2.24) is 14.4 Å². The van der Waals surface area contributed by atoms with Gasteiger partial charge in [0.2, 0.25) is 0 Å². The number of nitrogens with two attached hydrogens (primary N) is 2. The lowest BCUT2D eigenvalue weighted by Crippen LogP contribution is -2.33. The van der Waals surface area contributed by atoms with Crippen LogP contribution in [0, 0.1) is 0 Å². The van der Waals surface area contributed by atoms with Crippen molar-refractivity contribution in [3.8, 4) is 11.3 Å². The second kappa shape index (κ2) is 8.95. The van der Waals surface area contributed by atoms with Crippen LogP contribution >= 0.6 is 23.2 Å². The molecule has 0 amide bonds. The predicted molar refractivity (Wildman–Crippen MR) is 103 cm³/mol. The number of hydrogen-bond donors (Lipinski definition) is 3. The molecule has 0 saturated heterocycles. The summed E-state index contributed by atoms with van der Waals surface area (Å²) in [6, 6.07) is 6.48. The van der Waals surface area contributed by atoms with Crippen LogP contribution in [0.25, 0.3) is 16.9 Å². The number of aliphatic carboxylic acids is 1. The number of benzene rings is 1. The molecule has 2 atom stereocenters. The summed E-state index contributed by atoms with van der Waals surface area (Å²) in [6.07, 6.45) is -1.57. The first-order valence-corrected chi connectivity index (χ1v) is 8.78. The van der Waals surface area contributed by atoms with E-state index in [1.54, 1.807) is 18.3 Å². The Bertz CT molecular complexity index is 1020. The fourth-order valence-electron chi connectivity index (χ4n) is 2.25. The highest BCUT2D eigenvalue weighted by molar-refractivity contribution is 6.36. The number of nitrogens with zero attached hydrogens (tertiary/aromatic N) is 3. The summed E-state index contributed by atoms with van der Waals surface area (Å²) in [4.78, 5) is 17.9. The Kier molecular flexibility index (Phi) is 7.06. The van der Waals surface area contributed by atoms with E-state index in [-0.39, 0.29) is 6.04 Å². The molecule has 2 aromatic heterocycles. The lowest BCUT2D eigenvalue weighted by Gasteiger charge is -2.18. The predicted octanol–water partition coefficient (Wildman–Crippen LogP) is 3.68. The van der Waals surface area contributed by atoms with Crippen LogP contribution in [0.5, 0.6) is 0 Å². The Morgan fingerprint density at radius 3 is 2.38 bits per heavy atom. The molecule has 0 fully saturated rings. The monoisotopic (exact) mass is 449 g/mol. The maximum absolute atomic E-state index is 10.6. The van der Waals surface area contributed by atoms with Crippen LogP contribution in [0.1, 0.15) is 18.8 Å². The van der Waals surface area contributed by atoms with Crippen molar-refractivity contribution >= 4 is 34.8 Å². The molecule has 0 spiro atoms. The Labute approximate surface area is 173 Å². The third kappa shape index (κ3) is 5.57. The summed E-state index contributed by atoms with van der Waals surface area (Å²) < 4.78 is 33.6. The van der Waals surface area contributed by atoms with E-state index in [0.29, 0.717) is 21.6 Å². The number of halogens is 5. The molecule has 0 saturated carbocycles. The summed E-state index contributed by atoms with van der Waals surface area (Å²) in [5.74, 6) is -2.11. The lowest BCUT2D eigenvalue weighted by atomic mass is 10.1. The zero-order valence-corrected chi connectivity index (χ0v) is 16.4. The van der Waals surface area contributed by atoms with Crippen LogP contribution in [-0.4, -0.2) is 37.7 Å². The van der Waals surface area contributed by atoms with Crippen molar-refractivity contribution in [3.05, 3.63) is 52.5 Å². The standard InChI is InChI=1S/C15H15Cl2N5.C2HF3O2/c1-8(18)14(19)15-21-12(7-13-20-4-5-22(13)15)10-3-2-9(16)6-11(10)17;3-2(4,5)1(6)7/h2-8,14H,18-19H2,1H3;(H,6,7). The molecule has 0 bridgehead atoms. The zero-order valence-electron chi connectivity index (χ0n) is 14.9. The molecule has 29 heavy (non-hydrogen) atoms. The van der Waals surface area contributed by atoms with Gasteiger partial charge in [0.1, 0.15) is 11.5 Å². The highest BCUT2D eigenvalue weighted by Crippen LogP contribution is 2.30. The summed E-state index contributed by atoms with van der Waals surface area (Å²) in [6.45, 7) is 1.84. The van der Waals surface area contributed by atoms with Gasteiger partial charge >= 0.3 is 12.1 Å². The first-order chi connectivity index (χ1) is 13.4. The molecular formula is C17H16Cl2F3N5O2. The third-order valence-electron chi connectivity index (χ3n) is 3.73. The number of hydrogen-bond acceptors (Lipinski definition) is 5. The van der Waals surface area contributed by atoms with Crippen molar-refractivity contribution in [2.24, 2.45) is 11.5 Å². The first-order valence-electron chi connectivity index (χ1n) is 8.02. The average Bonchev–Trinajstić information content (AvgIpc) is 3.08. The van der Waals surface area contributed by atoms with Crippen molar-refractivity contribution in [1.29, 1.82) is 0 Å². The minimum absolute atomic E-state index is 0.242. The van der Waals surface area contributed by atoms with Crippen LogP contribution in [0.4, 0.5) is 13.2 Å². The molecule has 12 heteroatoms. The van der Waals surface area contributed by atoms with Gasteiger partial charge in [0.15, 0.2) is 0 Å². The Balaban J connectivity index is 0.000000370.